The number of ether oxygens (including phenoxy) is 2. The highest BCUT2D eigenvalue weighted by Crippen LogP contribution is 2.42. The topological polar surface area (TPSA) is 71.0 Å². The molecule has 2 saturated heterocycles. The van der Waals surface area contributed by atoms with E-state index in [2.05, 4.69) is 17.1 Å². The van der Waals surface area contributed by atoms with Gasteiger partial charge in [-0.05, 0) is 49.2 Å². The molecule has 1 amide bonds. The van der Waals surface area contributed by atoms with Crippen LogP contribution >= 0.6 is 0 Å². The van der Waals surface area contributed by atoms with E-state index < -0.39 is 46.8 Å². The first-order chi connectivity index (χ1) is 20.2. The Labute approximate surface area is 240 Å². The SMILES string of the molecule is C[C@@H]1[C@H](CN2CCCCC2)O[C@H](c2cccc(NC(=O)c3c(F)c(F)c(F)c(F)c3F)c2)O[C@@H]1c1ccc(CO)cc1. The Balaban J connectivity index is 1.41. The van der Waals surface area contributed by atoms with Gasteiger partial charge in [-0.15, -0.1) is 0 Å². The van der Waals surface area contributed by atoms with E-state index in [0.29, 0.717) is 12.1 Å². The van der Waals surface area contributed by atoms with Crippen molar-refractivity contribution in [3.63, 3.8) is 0 Å². The Bertz CT molecular complexity index is 1400. The molecule has 0 radical (unpaired) electrons. The van der Waals surface area contributed by atoms with Crippen molar-refractivity contribution in [3.8, 4) is 0 Å². The van der Waals surface area contributed by atoms with Crippen LogP contribution in [0.25, 0.3) is 0 Å². The number of piperidine rings is 1. The van der Waals surface area contributed by atoms with E-state index in [0.717, 1.165) is 37.1 Å². The highest BCUT2D eigenvalue weighted by Gasteiger charge is 2.39. The second-order valence-corrected chi connectivity index (χ2v) is 10.7. The number of carbonyl (C=O) groups excluding carboxylic acids is 1. The number of nitrogens with one attached hydrogen (secondary N) is 1. The predicted molar refractivity (Wildman–Crippen MR) is 144 cm³/mol. The third-order valence-corrected chi connectivity index (χ3v) is 7.86. The molecule has 2 N–H and O–H groups in total. The fraction of sp³-hybridized carbons (Fsp3) is 0.387. The maximum absolute atomic E-state index is 14.2. The molecule has 2 fully saturated rings. The van der Waals surface area contributed by atoms with Gasteiger partial charge in [0.25, 0.3) is 5.91 Å². The highest BCUT2D eigenvalue weighted by molar-refractivity contribution is 6.04. The number of hydrogen-bond acceptors (Lipinski definition) is 5. The minimum absolute atomic E-state index is 0.0414. The molecule has 0 spiro atoms. The molecule has 3 aromatic rings. The van der Waals surface area contributed by atoms with Gasteiger partial charge in [0.05, 0.1) is 18.8 Å². The number of nitrogens with zero attached hydrogens (tertiary/aromatic N) is 1. The lowest BCUT2D eigenvalue weighted by Crippen LogP contribution is -2.45. The van der Waals surface area contributed by atoms with Crippen molar-refractivity contribution >= 4 is 11.6 Å². The monoisotopic (exact) mass is 590 g/mol. The Morgan fingerprint density at radius 3 is 2.17 bits per heavy atom. The fourth-order valence-corrected chi connectivity index (χ4v) is 5.49. The van der Waals surface area contributed by atoms with Crippen molar-refractivity contribution in [2.24, 2.45) is 5.92 Å². The van der Waals surface area contributed by atoms with Gasteiger partial charge in [0.15, 0.2) is 29.6 Å². The molecule has 42 heavy (non-hydrogen) atoms. The van der Waals surface area contributed by atoms with Crippen molar-refractivity contribution in [1.82, 2.24) is 4.90 Å². The summed E-state index contributed by atoms with van der Waals surface area (Å²) in [6, 6.07) is 13.6. The van der Waals surface area contributed by atoms with Crippen molar-refractivity contribution in [2.75, 3.05) is 25.0 Å². The molecule has 5 rings (SSSR count). The zero-order chi connectivity index (χ0) is 30.0. The smallest absolute Gasteiger partial charge is 0.261 e. The van der Waals surface area contributed by atoms with E-state index in [-0.39, 0.29) is 30.4 Å². The van der Waals surface area contributed by atoms with Gasteiger partial charge in [-0.3, -0.25) is 4.79 Å². The number of aliphatic hydroxyl groups excluding tert-OH is 1. The molecule has 2 aliphatic heterocycles. The highest BCUT2D eigenvalue weighted by atomic mass is 19.2. The Hall–Kier alpha value is -3.38. The average Bonchev–Trinajstić information content (AvgIpc) is 3.01. The number of benzene rings is 3. The number of amides is 1. The lowest BCUT2D eigenvalue weighted by atomic mass is 9.89. The van der Waals surface area contributed by atoms with Gasteiger partial charge in [-0.2, -0.15) is 0 Å². The summed E-state index contributed by atoms with van der Waals surface area (Å²) in [5, 5.41) is 11.7. The average molecular weight is 591 g/mol. The summed E-state index contributed by atoms with van der Waals surface area (Å²) < 4.78 is 82.1. The molecule has 0 aliphatic carbocycles. The van der Waals surface area contributed by atoms with E-state index in [1.165, 1.54) is 18.6 Å². The number of halogens is 5. The molecule has 0 aromatic heterocycles. The van der Waals surface area contributed by atoms with E-state index in [9.17, 15) is 31.9 Å². The van der Waals surface area contributed by atoms with Crippen LogP contribution in [-0.4, -0.2) is 41.7 Å². The summed E-state index contributed by atoms with van der Waals surface area (Å²) >= 11 is 0. The fourth-order valence-electron chi connectivity index (χ4n) is 5.49. The second-order valence-electron chi connectivity index (χ2n) is 10.7. The number of rotatable bonds is 7. The van der Waals surface area contributed by atoms with Crippen molar-refractivity contribution in [1.29, 1.82) is 0 Å². The molecule has 6 nitrogen and oxygen atoms in total. The van der Waals surface area contributed by atoms with Crippen LogP contribution in [0.1, 0.15) is 65.6 Å². The lowest BCUT2D eigenvalue weighted by molar-refractivity contribution is -0.276. The summed E-state index contributed by atoms with van der Waals surface area (Å²) in [5.74, 6) is -12.7. The lowest BCUT2D eigenvalue weighted by Gasteiger charge is -2.43. The van der Waals surface area contributed by atoms with Crippen LogP contribution in [0, 0.1) is 35.0 Å². The van der Waals surface area contributed by atoms with E-state index in [4.69, 9.17) is 9.47 Å². The standard InChI is InChI=1S/C31H31F5N2O4/c1-17-22(15-38-12-3-2-4-13-38)41-31(42-29(17)19-10-8-18(16-39)9-11-19)20-6-5-7-21(14-20)37-30(40)23-24(32)26(34)28(36)27(35)25(23)33/h5-11,14,17,22,29,31,39H,2-4,12-13,15-16H2,1H3,(H,37,40)/t17-,22+,29+,31+/m1/s1. The van der Waals surface area contributed by atoms with Gasteiger partial charge in [0.2, 0.25) is 5.82 Å². The maximum Gasteiger partial charge on any atom is 0.261 e. The number of aliphatic hydroxyl groups is 1. The zero-order valence-electron chi connectivity index (χ0n) is 22.9. The van der Waals surface area contributed by atoms with Crippen molar-refractivity contribution < 1.29 is 41.3 Å². The van der Waals surface area contributed by atoms with Gasteiger partial charge in [-0.25, -0.2) is 22.0 Å². The minimum Gasteiger partial charge on any atom is -0.392 e. The molecule has 4 atom stereocenters. The van der Waals surface area contributed by atoms with Crippen LogP contribution in [0.2, 0.25) is 0 Å². The van der Waals surface area contributed by atoms with Gasteiger partial charge in [-0.1, -0.05) is 49.7 Å². The Morgan fingerprint density at radius 1 is 0.881 bits per heavy atom. The van der Waals surface area contributed by atoms with Crippen LogP contribution in [0.5, 0.6) is 0 Å². The number of hydrogen-bond donors (Lipinski definition) is 2. The van der Waals surface area contributed by atoms with Crippen LogP contribution in [0.4, 0.5) is 27.6 Å². The first-order valence-corrected chi connectivity index (χ1v) is 13.8. The first kappa shape index (κ1) is 30.1. The molecule has 0 unspecified atom stereocenters. The molecule has 2 heterocycles. The molecular formula is C31H31F5N2O4. The Morgan fingerprint density at radius 2 is 1.52 bits per heavy atom. The molecule has 3 aromatic carbocycles. The van der Waals surface area contributed by atoms with E-state index in [1.807, 2.05) is 24.3 Å². The van der Waals surface area contributed by atoms with E-state index >= 15 is 0 Å². The summed E-state index contributed by atoms with van der Waals surface area (Å²) in [6.07, 6.45) is 1.92. The minimum atomic E-state index is -2.34. The van der Waals surface area contributed by atoms with Crippen molar-refractivity contribution in [3.05, 3.63) is 99.9 Å². The summed E-state index contributed by atoms with van der Waals surface area (Å²) in [6.45, 7) is 4.58. The number of carbonyl (C=O) groups is 1. The third kappa shape index (κ3) is 6.19. The molecule has 0 bridgehead atoms. The largest absolute Gasteiger partial charge is 0.392 e. The zero-order valence-corrected chi connectivity index (χ0v) is 22.9. The van der Waals surface area contributed by atoms with Crippen LogP contribution in [-0.2, 0) is 16.1 Å². The molecule has 0 saturated carbocycles. The van der Waals surface area contributed by atoms with Gasteiger partial charge < -0.3 is 24.8 Å². The first-order valence-electron chi connectivity index (χ1n) is 13.8. The summed E-state index contributed by atoms with van der Waals surface area (Å²) in [7, 11) is 0. The van der Waals surface area contributed by atoms with Crippen LogP contribution in [0.3, 0.4) is 0 Å². The van der Waals surface area contributed by atoms with Crippen LogP contribution < -0.4 is 5.32 Å². The van der Waals surface area contributed by atoms with Gasteiger partial charge >= 0.3 is 0 Å². The molecule has 11 heteroatoms. The van der Waals surface area contributed by atoms with E-state index in [1.54, 1.807) is 12.1 Å². The second kappa shape index (κ2) is 12.9. The predicted octanol–water partition coefficient (Wildman–Crippen LogP) is 6.40. The third-order valence-electron chi connectivity index (χ3n) is 7.86. The van der Waals surface area contributed by atoms with Crippen molar-refractivity contribution in [2.45, 2.75) is 51.3 Å². The van der Waals surface area contributed by atoms with Crippen LogP contribution in [0.15, 0.2) is 48.5 Å². The number of anilines is 1. The summed E-state index contributed by atoms with van der Waals surface area (Å²) in [5.41, 5.74) is 0.606. The molecule has 224 valence electrons. The number of likely N-dealkylation sites (tertiary alicyclic amines) is 1. The molecular weight excluding hydrogens is 559 g/mol. The summed E-state index contributed by atoms with van der Waals surface area (Å²) in [4.78, 5) is 15.0. The molecule has 2 aliphatic rings. The normalized spacial score (nSPS) is 23.1. The Kier molecular flexibility index (Phi) is 9.22. The maximum atomic E-state index is 14.2. The van der Waals surface area contributed by atoms with Gasteiger partial charge in [0.1, 0.15) is 5.56 Å². The van der Waals surface area contributed by atoms with Gasteiger partial charge in [0, 0.05) is 23.7 Å². The quantitative estimate of drug-likeness (QED) is 0.189.